The summed E-state index contributed by atoms with van der Waals surface area (Å²) in [5, 5.41) is 5.79. The lowest BCUT2D eigenvalue weighted by Crippen LogP contribution is -2.31. The first-order chi connectivity index (χ1) is 42.8. The lowest BCUT2D eigenvalue weighted by Gasteiger charge is -2.19. The average Bonchev–Trinajstić information content (AvgIpc) is 3.55. The Kier molecular flexibility index (Phi) is 68.9. The van der Waals surface area contributed by atoms with Gasteiger partial charge in [-0.2, -0.15) is 0 Å². The Hall–Kier alpha value is -2.48. The Morgan fingerprint density at radius 1 is 0.299 bits per heavy atom. The van der Waals surface area contributed by atoms with E-state index < -0.39 is 5.97 Å². The van der Waals surface area contributed by atoms with Crippen LogP contribution in [0.2, 0.25) is 0 Å². The molecule has 0 bridgehead atoms. The molecule has 1 atom stereocenters. The van der Waals surface area contributed by atoms with Gasteiger partial charge in [-0.1, -0.05) is 195 Å². The van der Waals surface area contributed by atoms with Gasteiger partial charge in [-0.3, -0.25) is 19.2 Å². The largest absolute Gasteiger partial charge is 0.463 e. The molecule has 1 unspecified atom stereocenters. The smallest absolute Gasteiger partial charge is 0.320 e. The minimum atomic E-state index is -0.416. The van der Waals surface area contributed by atoms with Crippen LogP contribution in [0.25, 0.3) is 0 Å². The van der Waals surface area contributed by atoms with Gasteiger partial charge in [-0.15, -0.1) is 0 Å². The van der Waals surface area contributed by atoms with Crippen molar-refractivity contribution in [3.05, 3.63) is 0 Å². The molecule has 0 aliphatic heterocycles. The Morgan fingerprint density at radius 2 is 0.621 bits per heavy atom. The molecule has 0 saturated heterocycles. The van der Waals surface area contributed by atoms with Crippen molar-refractivity contribution < 1.29 is 71.3 Å². The number of hydrogen-bond donors (Lipinski definition) is 2. The van der Waals surface area contributed by atoms with Gasteiger partial charge in [0.25, 0.3) is 0 Å². The Morgan fingerprint density at radius 3 is 1.03 bits per heavy atom. The molecule has 0 heterocycles. The minimum Gasteiger partial charge on any atom is -0.463 e. The maximum Gasteiger partial charge on any atom is 0.320 e. The maximum atomic E-state index is 12.9. The quantitative estimate of drug-likeness (QED) is 0.0331. The number of carbonyl (C=O) groups is 4. The first-order valence-electron chi connectivity index (χ1n) is 35.9. The summed E-state index contributed by atoms with van der Waals surface area (Å²) in [5.74, 6) is -0.834. The Balaban J connectivity index is 4.67. The summed E-state index contributed by atoms with van der Waals surface area (Å²) in [6, 6.07) is 0. The lowest BCUT2D eigenvalue weighted by atomic mass is 10.0. The summed E-state index contributed by atoms with van der Waals surface area (Å²) < 4.78 is 62.6. The van der Waals surface area contributed by atoms with Gasteiger partial charge >= 0.3 is 23.9 Å². The summed E-state index contributed by atoms with van der Waals surface area (Å²) in [6.07, 6.45) is 44.9. The number of nitrogens with one attached hydrogen (secondary N) is 2. The predicted molar refractivity (Wildman–Crippen MR) is 351 cm³/mol. The van der Waals surface area contributed by atoms with Crippen LogP contribution in [0.5, 0.6) is 0 Å². The topological polar surface area (TPSA) is 194 Å². The third-order valence-electron chi connectivity index (χ3n) is 15.4. The number of hydrogen-bond acceptors (Lipinski definition) is 17. The molecule has 516 valence electrons. The van der Waals surface area contributed by atoms with E-state index in [1.807, 2.05) is 0 Å². The zero-order valence-corrected chi connectivity index (χ0v) is 56.9. The second-order valence-electron chi connectivity index (χ2n) is 23.8. The Bertz CT molecular complexity index is 1420. The van der Waals surface area contributed by atoms with Crippen LogP contribution in [0.4, 0.5) is 0 Å². The van der Waals surface area contributed by atoms with Gasteiger partial charge in [-0.25, -0.2) is 0 Å². The van der Waals surface area contributed by atoms with Crippen molar-refractivity contribution in [2.45, 2.75) is 303 Å². The second kappa shape index (κ2) is 71.0. The van der Waals surface area contributed by atoms with Crippen LogP contribution in [0.15, 0.2) is 0 Å². The zero-order valence-electron chi connectivity index (χ0n) is 56.9. The lowest BCUT2D eigenvalue weighted by molar-refractivity contribution is -0.151. The fraction of sp³-hybridized carbons (Fsp3) is 0.943. The summed E-state index contributed by atoms with van der Waals surface area (Å²) in [4.78, 5) is 49.4. The summed E-state index contributed by atoms with van der Waals surface area (Å²) >= 11 is 0. The molecule has 0 aromatic carbocycles. The van der Waals surface area contributed by atoms with Crippen LogP contribution in [0, 0.1) is 0 Å². The van der Waals surface area contributed by atoms with Crippen molar-refractivity contribution in [3.63, 3.8) is 0 Å². The molecule has 0 aromatic heterocycles. The summed E-state index contributed by atoms with van der Waals surface area (Å²) in [5.41, 5.74) is 0. The van der Waals surface area contributed by atoms with Crippen molar-refractivity contribution in [1.29, 1.82) is 0 Å². The fourth-order valence-corrected chi connectivity index (χ4v) is 10.1. The zero-order chi connectivity index (χ0) is 63.2. The number of esters is 4. The highest BCUT2D eigenvalue weighted by Crippen LogP contribution is 2.20. The normalized spacial score (nSPS) is 11.9. The average molecular weight is 1250 g/mol. The molecule has 87 heavy (non-hydrogen) atoms. The molecule has 0 spiro atoms. The van der Waals surface area contributed by atoms with E-state index in [2.05, 4.69) is 38.3 Å². The molecule has 0 aromatic rings. The van der Waals surface area contributed by atoms with E-state index in [4.69, 9.17) is 52.1 Å². The fourth-order valence-electron chi connectivity index (χ4n) is 10.1. The molecule has 0 fully saturated rings. The molecule has 0 radical (unpaired) electrons. The van der Waals surface area contributed by atoms with Gasteiger partial charge in [0.2, 0.25) is 0 Å². The third-order valence-corrected chi connectivity index (χ3v) is 15.4. The molecular formula is C70H136N2O15. The van der Waals surface area contributed by atoms with Gasteiger partial charge in [0.15, 0.2) is 0 Å². The van der Waals surface area contributed by atoms with E-state index in [1.54, 1.807) is 7.11 Å². The van der Waals surface area contributed by atoms with Crippen molar-refractivity contribution >= 4 is 23.9 Å². The maximum absolute atomic E-state index is 12.9. The van der Waals surface area contributed by atoms with Crippen molar-refractivity contribution in [1.82, 2.24) is 10.6 Å². The van der Waals surface area contributed by atoms with Gasteiger partial charge in [0, 0.05) is 46.3 Å². The van der Waals surface area contributed by atoms with Crippen LogP contribution < -0.4 is 10.6 Å². The van der Waals surface area contributed by atoms with Gasteiger partial charge in [0.05, 0.1) is 79.2 Å². The standard InChI is InChI=1S/C70H136N2O15/c1-6-10-14-18-24-32-40-64(41-33-25-19-15-11-7-2)86-67(73)44-36-28-22-30-38-48-81-62-66(83-49-39-31-23-29-37-45-68(74)87-65(42-34-26-20-16-12-8-3)43-35-27-21-17-13-9-4)63-82-57-56-79-53-52-78-54-55-80-58-59-85-70(76)61-72-47-51-84-69(75)60-71-46-50-77-5/h64-66,71-72H,6-63H2,1-5H3. The van der Waals surface area contributed by atoms with Gasteiger partial charge in [-0.05, 0) is 77.0 Å². The van der Waals surface area contributed by atoms with Gasteiger partial charge < -0.3 is 62.7 Å². The molecule has 0 aliphatic carbocycles. The van der Waals surface area contributed by atoms with Crippen molar-refractivity contribution in [2.24, 2.45) is 0 Å². The second-order valence-corrected chi connectivity index (χ2v) is 23.8. The summed E-state index contributed by atoms with van der Waals surface area (Å²) in [6.45, 7) is 15.6. The van der Waals surface area contributed by atoms with Crippen LogP contribution >= 0.6 is 0 Å². The predicted octanol–water partition coefficient (Wildman–Crippen LogP) is 14.9. The Labute approximate surface area is 532 Å². The van der Waals surface area contributed by atoms with E-state index in [0.717, 1.165) is 116 Å². The van der Waals surface area contributed by atoms with Crippen molar-refractivity contribution in [2.75, 3.05) is 126 Å². The van der Waals surface area contributed by atoms with E-state index in [1.165, 1.54) is 128 Å². The summed E-state index contributed by atoms with van der Waals surface area (Å²) in [7, 11) is 1.59. The monoisotopic (exact) mass is 1240 g/mol. The molecule has 0 amide bonds. The SMILES string of the molecule is CCCCCCCCC(CCCCCCCC)OC(=O)CCCCCCCOCC(COCCOCCOCCOCCOC(=O)CNCCOC(=O)CNCCOC)OCCCCCCCC(=O)OC(CCCCCCCC)CCCCCCCC. The van der Waals surface area contributed by atoms with Crippen molar-refractivity contribution in [3.8, 4) is 0 Å². The number of methoxy groups -OCH3 is 1. The molecule has 17 heteroatoms. The van der Waals surface area contributed by atoms with E-state index in [0.29, 0.717) is 98.6 Å². The molecule has 0 rings (SSSR count). The highest BCUT2D eigenvalue weighted by molar-refractivity contribution is 5.72. The molecular weight excluding hydrogens is 1110 g/mol. The minimum absolute atomic E-state index is 0.00692. The van der Waals surface area contributed by atoms with Crippen LogP contribution in [-0.2, 0) is 71.3 Å². The molecule has 0 saturated carbocycles. The number of ether oxygens (including phenoxy) is 11. The van der Waals surface area contributed by atoms with E-state index >= 15 is 0 Å². The first kappa shape index (κ1) is 84.5. The molecule has 17 nitrogen and oxygen atoms in total. The van der Waals surface area contributed by atoms with E-state index in [9.17, 15) is 19.2 Å². The first-order valence-corrected chi connectivity index (χ1v) is 35.9. The molecule has 2 N–H and O–H groups in total. The third kappa shape index (κ3) is 66.3. The number of carbonyl (C=O) groups excluding carboxylic acids is 4. The molecule has 0 aliphatic rings. The number of unbranched alkanes of at least 4 members (excludes halogenated alkanes) is 28. The van der Waals surface area contributed by atoms with Crippen LogP contribution in [0.3, 0.4) is 0 Å². The van der Waals surface area contributed by atoms with Crippen LogP contribution in [0.1, 0.15) is 285 Å². The van der Waals surface area contributed by atoms with Gasteiger partial charge in [0.1, 0.15) is 31.5 Å². The highest BCUT2D eigenvalue weighted by Gasteiger charge is 2.17. The van der Waals surface area contributed by atoms with E-state index in [-0.39, 0.29) is 69.1 Å². The van der Waals surface area contributed by atoms with Crippen LogP contribution in [-0.4, -0.2) is 168 Å². The number of rotatable bonds is 73. The highest BCUT2D eigenvalue weighted by atomic mass is 16.6.